The van der Waals surface area contributed by atoms with Crippen molar-refractivity contribution in [3.63, 3.8) is 0 Å². The SMILES string of the molecule is Cc1cnc2c(C(=O)O)c(Cl)ccc2c1.O=C(O)c1nc(C(Cl)(Cl)Cl)n(-c2ccc(Cl)cc2Cl)n1. The highest BCUT2D eigenvalue weighted by molar-refractivity contribution is 6.66. The van der Waals surface area contributed by atoms with Gasteiger partial charge in [-0.2, -0.15) is 0 Å². The van der Waals surface area contributed by atoms with Crippen LogP contribution < -0.4 is 0 Å². The molecule has 4 aromatic rings. The van der Waals surface area contributed by atoms with Crippen LogP contribution >= 0.6 is 69.6 Å². The molecule has 0 bridgehead atoms. The third-order valence-electron chi connectivity index (χ3n) is 4.34. The van der Waals surface area contributed by atoms with E-state index in [1.165, 1.54) is 18.2 Å². The molecule has 2 heterocycles. The van der Waals surface area contributed by atoms with E-state index in [4.69, 9.17) is 79.8 Å². The van der Waals surface area contributed by atoms with Crippen LogP contribution in [0.25, 0.3) is 16.6 Å². The van der Waals surface area contributed by atoms with Crippen molar-refractivity contribution in [2.45, 2.75) is 10.7 Å². The summed E-state index contributed by atoms with van der Waals surface area (Å²) in [5.74, 6) is -3.12. The van der Waals surface area contributed by atoms with E-state index < -0.39 is 21.6 Å². The number of aryl methyl sites for hydroxylation is 1. The Kier molecular flexibility index (Phi) is 8.36. The molecule has 8 nitrogen and oxygen atoms in total. The second kappa shape index (κ2) is 10.7. The van der Waals surface area contributed by atoms with Crippen molar-refractivity contribution < 1.29 is 19.8 Å². The van der Waals surface area contributed by atoms with Crippen molar-refractivity contribution in [3.8, 4) is 5.69 Å². The van der Waals surface area contributed by atoms with Gasteiger partial charge in [0.25, 0.3) is 5.82 Å². The molecule has 0 amide bonds. The van der Waals surface area contributed by atoms with Crippen LogP contribution in [0.15, 0.2) is 42.6 Å². The van der Waals surface area contributed by atoms with E-state index in [-0.39, 0.29) is 27.1 Å². The lowest BCUT2D eigenvalue weighted by Crippen LogP contribution is -2.12. The maximum Gasteiger partial charge on any atom is 0.375 e. The number of pyridine rings is 1. The first-order valence-corrected chi connectivity index (χ1v) is 11.6. The molecule has 0 fully saturated rings. The van der Waals surface area contributed by atoms with Gasteiger partial charge in [0, 0.05) is 16.6 Å². The van der Waals surface area contributed by atoms with Crippen LogP contribution in [0.1, 0.15) is 32.4 Å². The van der Waals surface area contributed by atoms with Crippen LogP contribution in [0.2, 0.25) is 15.1 Å². The van der Waals surface area contributed by atoms with Crippen molar-refractivity contribution in [2.75, 3.05) is 0 Å². The van der Waals surface area contributed by atoms with Gasteiger partial charge in [-0.1, -0.05) is 75.7 Å². The number of rotatable bonds is 3. The summed E-state index contributed by atoms with van der Waals surface area (Å²) in [7, 11) is 0. The predicted octanol–water partition coefficient (Wildman–Crippen LogP) is 6.99. The fourth-order valence-corrected chi connectivity index (χ4v) is 3.99. The number of fused-ring (bicyclic) bond motifs is 1. The molecule has 0 unspecified atom stereocenters. The number of nitrogens with zero attached hydrogens (tertiary/aromatic N) is 4. The van der Waals surface area contributed by atoms with Gasteiger partial charge in [-0.3, -0.25) is 4.98 Å². The molecule has 0 saturated carbocycles. The van der Waals surface area contributed by atoms with Crippen molar-refractivity contribution in [2.24, 2.45) is 0 Å². The van der Waals surface area contributed by atoms with Gasteiger partial charge in [0.1, 0.15) is 5.56 Å². The zero-order chi connectivity index (χ0) is 26.1. The van der Waals surface area contributed by atoms with Gasteiger partial charge < -0.3 is 10.2 Å². The molecule has 35 heavy (non-hydrogen) atoms. The molecule has 0 spiro atoms. The quantitative estimate of drug-likeness (QED) is 0.245. The summed E-state index contributed by atoms with van der Waals surface area (Å²) in [5, 5.41) is 23.3. The number of hydrogen-bond acceptors (Lipinski definition) is 5. The van der Waals surface area contributed by atoms with E-state index in [1.54, 1.807) is 18.3 Å². The molecule has 182 valence electrons. The number of aromatic nitrogens is 4. The summed E-state index contributed by atoms with van der Waals surface area (Å²) in [6.45, 7) is 1.90. The molecular formula is C21H12Cl6N4O4. The third-order valence-corrected chi connectivity index (χ3v) is 5.70. The summed E-state index contributed by atoms with van der Waals surface area (Å²) in [4.78, 5) is 29.7. The number of alkyl halides is 3. The van der Waals surface area contributed by atoms with E-state index in [0.717, 1.165) is 15.6 Å². The lowest BCUT2D eigenvalue weighted by molar-refractivity contribution is 0.0678. The van der Waals surface area contributed by atoms with Crippen molar-refractivity contribution >= 4 is 92.4 Å². The Bertz CT molecular complexity index is 1450. The summed E-state index contributed by atoms with van der Waals surface area (Å²) in [6, 6.07) is 9.71. The van der Waals surface area contributed by atoms with Gasteiger partial charge in [0.2, 0.25) is 3.79 Å². The lowest BCUT2D eigenvalue weighted by atomic mass is 10.1. The number of carboxylic acid groups (broad SMARTS) is 2. The maximum absolute atomic E-state index is 11.0. The molecule has 0 aliphatic carbocycles. The van der Waals surface area contributed by atoms with Gasteiger partial charge in [-0.15, -0.1) is 5.10 Å². The second-order valence-corrected chi connectivity index (χ2v) is 10.4. The molecule has 2 aromatic carbocycles. The van der Waals surface area contributed by atoms with E-state index in [2.05, 4.69) is 15.1 Å². The van der Waals surface area contributed by atoms with Crippen LogP contribution in [-0.2, 0) is 3.79 Å². The fourth-order valence-electron chi connectivity index (χ4n) is 2.90. The van der Waals surface area contributed by atoms with E-state index in [0.29, 0.717) is 10.5 Å². The molecule has 4 rings (SSSR count). The average Bonchev–Trinajstić information content (AvgIpc) is 3.20. The van der Waals surface area contributed by atoms with Gasteiger partial charge in [-0.05, 0) is 42.8 Å². The molecule has 0 atom stereocenters. The lowest BCUT2D eigenvalue weighted by Gasteiger charge is -2.12. The topological polar surface area (TPSA) is 118 Å². The number of halogens is 6. The smallest absolute Gasteiger partial charge is 0.375 e. The minimum Gasteiger partial charge on any atom is -0.478 e. The average molecular weight is 597 g/mol. The predicted molar refractivity (Wildman–Crippen MR) is 136 cm³/mol. The van der Waals surface area contributed by atoms with E-state index in [9.17, 15) is 9.59 Å². The zero-order valence-corrected chi connectivity index (χ0v) is 21.8. The van der Waals surface area contributed by atoms with E-state index in [1.807, 2.05) is 13.0 Å². The van der Waals surface area contributed by atoms with Crippen LogP contribution in [0.5, 0.6) is 0 Å². The van der Waals surface area contributed by atoms with Crippen molar-refractivity contribution in [1.82, 2.24) is 19.7 Å². The highest BCUT2D eigenvalue weighted by Crippen LogP contribution is 2.39. The van der Waals surface area contributed by atoms with Crippen LogP contribution in [0, 0.1) is 6.92 Å². The molecule has 0 radical (unpaired) electrons. The Morgan fingerprint density at radius 3 is 2.20 bits per heavy atom. The van der Waals surface area contributed by atoms with Gasteiger partial charge in [-0.25, -0.2) is 19.3 Å². The fraction of sp³-hybridized carbons (Fsp3) is 0.0952. The number of aromatic carboxylic acids is 2. The Morgan fingerprint density at radius 1 is 0.943 bits per heavy atom. The Hall–Kier alpha value is -2.33. The minimum atomic E-state index is -1.97. The van der Waals surface area contributed by atoms with Crippen molar-refractivity contribution in [3.05, 3.63) is 80.4 Å². The summed E-state index contributed by atoms with van der Waals surface area (Å²) in [6.07, 6.45) is 1.63. The standard InChI is InChI=1S/C11H8ClNO2.C10H4Cl5N3O2/c1-6-4-7-2-3-8(12)9(11(14)15)10(7)13-5-6;11-4-1-2-6(5(12)3-4)18-9(10(13,14)15)16-7(17-18)8(19)20/h2-5H,1H3,(H,14,15);1-3H,(H,19,20). The highest BCUT2D eigenvalue weighted by atomic mass is 35.6. The summed E-state index contributed by atoms with van der Waals surface area (Å²) >= 11 is 34.9. The molecule has 2 aromatic heterocycles. The van der Waals surface area contributed by atoms with Gasteiger partial charge in [0.05, 0.1) is 21.2 Å². The maximum atomic E-state index is 11.0. The minimum absolute atomic E-state index is 0.0640. The molecule has 2 N–H and O–H groups in total. The van der Waals surface area contributed by atoms with Crippen LogP contribution in [0.3, 0.4) is 0 Å². The second-order valence-electron chi connectivity index (χ2n) is 6.88. The highest BCUT2D eigenvalue weighted by Gasteiger charge is 2.33. The monoisotopic (exact) mass is 594 g/mol. The third kappa shape index (κ3) is 6.27. The first-order valence-electron chi connectivity index (χ1n) is 9.30. The van der Waals surface area contributed by atoms with Gasteiger partial charge >= 0.3 is 11.9 Å². The first-order chi connectivity index (χ1) is 16.3. The molecule has 0 aliphatic rings. The normalized spacial score (nSPS) is 11.2. The Labute approximate surface area is 227 Å². The Balaban J connectivity index is 0.000000203. The molecule has 14 heteroatoms. The zero-order valence-electron chi connectivity index (χ0n) is 17.3. The number of carboxylic acids is 2. The first kappa shape index (κ1) is 27.3. The molecule has 0 saturated heterocycles. The summed E-state index contributed by atoms with van der Waals surface area (Å²) < 4.78 is -0.918. The number of hydrogen-bond donors (Lipinski definition) is 2. The van der Waals surface area contributed by atoms with Crippen LogP contribution in [0.4, 0.5) is 0 Å². The molecule has 0 aliphatic heterocycles. The number of benzene rings is 2. The largest absolute Gasteiger partial charge is 0.478 e. The Morgan fingerprint density at radius 2 is 1.63 bits per heavy atom. The van der Waals surface area contributed by atoms with Crippen LogP contribution in [-0.4, -0.2) is 41.9 Å². The number of carbonyl (C=O) groups is 2. The summed E-state index contributed by atoms with van der Waals surface area (Å²) in [5.41, 5.74) is 1.77. The van der Waals surface area contributed by atoms with Gasteiger partial charge in [0.15, 0.2) is 5.82 Å². The van der Waals surface area contributed by atoms with Crippen molar-refractivity contribution in [1.29, 1.82) is 0 Å². The molecular weight excluding hydrogens is 585 g/mol. The van der Waals surface area contributed by atoms with E-state index >= 15 is 0 Å².